The maximum atomic E-state index is 12.7. The Morgan fingerprint density at radius 1 is 1.50 bits per heavy atom. The molecular formula is C11H20Cl2N4O2S. The van der Waals surface area contributed by atoms with E-state index in [0.717, 1.165) is 19.3 Å². The lowest BCUT2D eigenvalue weighted by atomic mass is 10.00. The van der Waals surface area contributed by atoms with Crippen LogP contribution in [0, 0.1) is 0 Å². The van der Waals surface area contributed by atoms with Gasteiger partial charge in [0.1, 0.15) is 0 Å². The van der Waals surface area contributed by atoms with Gasteiger partial charge in [0, 0.05) is 25.7 Å². The first kappa shape index (κ1) is 17.7. The van der Waals surface area contributed by atoms with Crippen molar-refractivity contribution in [2.45, 2.75) is 43.3 Å². The van der Waals surface area contributed by atoms with E-state index in [1.54, 1.807) is 7.05 Å². The van der Waals surface area contributed by atoms with Crippen LogP contribution in [0.2, 0.25) is 5.02 Å². The van der Waals surface area contributed by atoms with Gasteiger partial charge >= 0.3 is 0 Å². The average molecular weight is 343 g/mol. The van der Waals surface area contributed by atoms with Gasteiger partial charge in [-0.05, 0) is 19.8 Å². The fourth-order valence-corrected chi connectivity index (χ4v) is 4.94. The maximum Gasteiger partial charge on any atom is 0.262 e. The Labute approximate surface area is 130 Å². The summed E-state index contributed by atoms with van der Waals surface area (Å²) >= 11 is 5.96. The van der Waals surface area contributed by atoms with Crippen LogP contribution in [-0.4, -0.2) is 41.1 Å². The van der Waals surface area contributed by atoms with Crippen molar-refractivity contribution in [2.75, 3.05) is 6.54 Å². The highest BCUT2D eigenvalue weighted by atomic mass is 35.5. The van der Waals surface area contributed by atoms with Crippen molar-refractivity contribution in [1.82, 2.24) is 14.1 Å². The first-order valence-electron chi connectivity index (χ1n) is 6.30. The summed E-state index contributed by atoms with van der Waals surface area (Å²) in [6.07, 6.45) is 3.97. The Kier molecular flexibility index (Phi) is 5.86. The van der Waals surface area contributed by atoms with Crippen LogP contribution in [0.3, 0.4) is 0 Å². The minimum atomic E-state index is -3.65. The Hall–Kier alpha value is -0.340. The first-order valence-corrected chi connectivity index (χ1v) is 8.12. The molecular weight excluding hydrogens is 323 g/mol. The molecule has 9 heteroatoms. The topological polar surface area (TPSA) is 81.2 Å². The van der Waals surface area contributed by atoms with Crippen LogP contribution in [0.15, 0.2) is 11.2 Å². The summed E-state index contributed by atoms with van der Waals surface area (Å²) in [7, 11) is -2.08. The van der Waals surface area contributed by atoms with Crippen molar-refractivity contribution in [3.05, 3.63) is 11.2 Å². The molecule has 0 amide bonds. The Morgan fingerprint density at radius 2 is 2.15 bits per heavy atom. The lowest BCUT2D eigenvalue weighted by Gasteiger charge is -2.36. The molecule has 1 aliphatic rings. The van der Waals surface area contributed by atoms with Crippen molar-refractivity contribution in [1.29, 1.82) is 0 Å². The average Bonchev–Trinajstić information content (AvgIpc) is 2.69. The summed E-state index contributed by atoms with van der Waals surface area (Å²) in [5.41, 5.74) is 5.92. The van der Waals surface area contributed by atoms with Gasteiger partial charge in [0.05, 0.1) is 11.2 Å². The number of rotatable bonds is 3. The number of piperidine rings is 1. The highest BCUT2D eigenvalue weighted by Gasteiger charge is 2.38. The highest BCUT2D eigenvalue weighted by Crippen LogP contribution is 2.29. The molecule has 0 aromatic carbocycles. The van der Waals surface area contributed by atoms with Crippen LogP contribution in [-0.2, 0) is 17.1 Å². The van der Waals surface area contributed by atoms with Crippen molar-refractivity contribution in [2.24, 2.45) is 12.8 Å². The van der Waals surface area contributed by atoms with Crippen LogP contribution in [0.25, 0.3) is 0 Å². The number of nitrogens with two attached hydrogens (primary N) is 1. The van der Waals surface area contributed by atoms with E-state index in [0.29, 0.717) is 6.54 Å². The van der Waals surface area contributed by atoms with E-state index in [2.05, 4.69) is 5.10 Å². The summed E-state index contributed by atoms with van der Waals surface area (Å²) in [5.74, 6) is 0. The van der Waals surface area contributed by atoms with Gasteiger partial charge < -0.3 is 5.73 Å². The number of hydrogen-bond donors (Lipinski definition) is 1. The van der Waals surface area contributed by atoms with E-state index in [1.165, 1.54) is 15.2 Å². The lowest BCUT2D eigenvalue weighted by Crippen LogP contribution is -2.51. The largest absolute Gasteiger partial charge is 0.326 e. The van der Waals surface area contributed by atoms with Crippen LogP contribution in [0.4, 0.5) is 0 Å². The molecule has 0 aliphatic carbocycles. The van der Waals surface area contributed by atoms with Crippen molar-refractivity contribution in [3.8, 4) is 0 Å². The van der Waals surface area contributed by atoms with Crippen molar-refractivity contribution >= 4 is 34.0 Å². The fraction of sp³-hybridized carbons (Fsp3) is 0.727. The molecule has 1 saturated heterocycles. The summed E-state index contributed by atoms with van der Waals surface area (Å²) in [4.78, 5) is 0. The Morgan fingerprint density at radius 3 is 2.65 bits per heavy atom. The SMILES string of the molecule is CC(N)C1CCCCN1S(=O)(=O)c1c(Cl)cnn1C.Cl. The minimum Gasteiger partial charge on any atom is -0.326 e. The second-order valence-corrected chi connectivity index (χ2v) is 7.17. The van der Waals surface area contributed by atoms with Gasteiger partial charge in [0.25, 0.3) is 10.0 Å². The molecule has 1 aromatic heterocycles. The van der Waals surface area contributed by atoms with Gasteiger partial charge in [-0.15, -0.1) is 12.4 Å². The molecule has 0 spiro atoms. The molecule has 116 valence electrons. The predicted octanol–water partition coefficient (Wildman–Crippen LogP) is 1.39. The number of halogens is 2. The highest BCUT2D eigenvalue weighted by molar-refractivity contribution is 7.89. The van der Waals surface area contributed by atoms with Gasteiger partial charge in [-0.3, -0.25) is 4.68 Å². The summed E-state index contributed by atoms with van der Waals surface area (Å²) in [5, 5.41) is 4.09. The van der Waals surface area contributed by atoms with E-state index in [9.17, 15) is 8.42 Å². The molecule has 6 nitrogen and oxygen atoms in total. The van der Waals surface area contributed by atoms with Crippen LogP contribution in [0.1, 0.15) is 26.2 Å². The number of hydrogen-bond acceptors (Lipinski definition) is 4. The predicted molar refractivity (Wildman–Crippen MR) is 80.6 cm³/mol. The number of aromatic nitrogens is 2. The third-order valence-corrected chi connectivity index (χ3v) is 5.93. The van der Waals surface area contributed by atoms with Gasteiger partial charge in [0.15, 0.2) is 5.03 Å². The van der Waals surface area contributed by atoms with Gasteiger partial charge in [-0.2, -0.15) is 9.40 Å². The first-order chi connectivity index (χ1) is 8.85. The molecule has 0 saturated carbocycles. The fourth-order valence-electron chi connectivity index (χ4n) is 2.56. The number of aryl methyl sites for hydroxylation is 1. The molecule has 2 rings (SSSR count). The van der Waals surface area contributed by atoms with E-state index in [1.807, 2.05) is 6.92 Å². The van der Waals surface area contributed by atoms with E-state index in [4.69, 9.17) is 17.3 Å². The van der Waals surface area contributed by atoms with E-state index in [-0.39, 0.29) is 34.5 Å². The third kappa shape index (κ3) is 3.12. The second-order valence-electron chi connectivity index (χ2n) is 4.96. The Balaban J connectivity index is 0.00000200. The molecule has 1 aliphatic heterocycles. The second kappa shape index (κ2) is 6.62. The number of nitrogens with zero attached hydrogens (tertiary/aromatic N) is 3. The van der Waals surface area contributed by atoms with Crippen molar-refractivity contribution in [3.63, 3.8) is 0 Å². The summed E-state index contributed by atoms with van der Waals surface area (Å²) in [6.45, 7) is 2.32. The van der Waals surface area contributed by atoms with Crippen LogP contribution >= 0.6 is 24.0 Å². The van der Waals surface area contributed by atoms with Gasteiger partial charge in [-0.25, -0.2) is 8.42 Å². The zero-order valence-corrected chi connectivity index (χ0v) is 13.9. The van der Waals surface area contributed by atoms with Crippen LogP contribution in [0.5, 0.6) is 0 Å². The molecule has 0 bridgehead atoms. The van der Waals surface area contributed by atoms with Gasteiger partial charge in [0.2, 0.25) is 0 Å². The molecule has 2 heterocycles. The molecule has 20 heavy (non-hydrogen) atoms. The zero-order chi connectivity index (χ0) is 14.2. The Bertz CT molecular complexity index is 539. The van der Waals surface area contributed by atoms with E-state index >= 15 is 0 Å². The zero-order valence-electron chi connectivity index (χ0n) is 11.5. The standard InChI is InChI=1S/C11H19ClN4O2S.ClH/c1-8(13)10-5-3-4-6-16(10)19(17,18)11-9(12)7-14-15(11)2;/h7-8,10H,3-6,13H2,1-2H3;1H. The maximum absolute atomic E-state index is 12.7. The third-order valence-electron chi connectivity index (χ3n) is 3.50. The van der Waals surface area contributed by atoms with Crippen molar-refractivity contribution < 1.29 is 8.42 Å². The van der Waals surface area contributed by atoms with Gasteiger partial charge in [-0.1, -0.05) is 18.0 Å². The van der Waals surface area contributed by atoms with Crippen LogP contribution < -0.4 is 5.73 Å². The molecule has 0 radical (unpaired) electrons. The molecule has 2 unspecified atom stereocenters. The molecule has 2 N–H and O–H groups in total. The smallest absolute Gasteiger partial charge is 0.262 e. The molecule has 1 aromatic rings. The quantitative estimate of drug-likeness (QED) is 0.899. The molecule has 2 atom stereocenters. The minimum absolute atomic E-state index is 0. The number of sulfonamides is 1. The molecule has 1 fully saturated rings. The monoisotopic (exact) mass is 342 g/mol. The summed E-state index contributed by atoms with van der Waals surface area (Å²) < 4.78 is 28.2. The lowest BCUT2D eigenvalue weighted by molar-refractivity contribution is 0.226. The van der Waals surface area contributed by atoms with E-state index < -0.39 is 10.0 Å². The summed E-state index contributed by atoms with van der Waals surface area (Å²) in [6, 6.07) is -0.383. The normalized spacial score (nSPS) is 22.3.